The summed E-state index contributed by atoms with van der Waals surface area (Å²) in [5.41, 5.74) is 3.79. The van der Waals surface area contributed by atoms with Gasteiger partial charge in [-0.1, -0.05) is 187 Å². The zero-order valence-electron chi connectivity index (χ0n) is 60.1. The third kappa shape index (κ3) is 46.8. The molecule has 0 aliphatic heterocycles. The van der Waals surface area contributed by atoms with Crippen molar-refractivity contribution < 1.29 is 37.9 Å². The highest BCUT2D eigenvalue weighted by Gasteiger charge is 2.44. The molecule has 0 rings (SSSR count). The van der Waals surface area contributed by atoms with E-state index in [9.17, 15) is 0 Å². The van der Waals surface area contributed by atoms with Crippen LogP contribution in [0.25, 0.3) is 0 Å². The standard InChI is InChI=1S/C72H146O8S/c1-60(2,3)48-62(6,7)50-64(10,11)52-66(14,15)54-68(18,19)56-70(22,23)58-72(26,27)59-71(24,25)57-69(20,21)55-67(16,17)53-65(12,13)51-63(8,9)49-61(4,5)30-29-46-81-47-45-80-44-43-79-42-41-78-40-39-77-38-37-76-36-35-75-34-33-74-32-31-73-28/h29-59H2,1-28H3. The smallest absolute Gasteiger partial charge is 0.0701 e. The molecule has 0 spiro atoms. The lowest BCUT2D eigenvalue weighted by Gasteiger charge is -2.48. The second kappa shape index (κ2) is 35.9. The van der Waals surface area contributed by atoms with Gasteiger partial charge in [0.25, 0.3) is 0 Å². The summed E-state index contributed by atoms with van der Waals surface area (Å²) in [5.74, 6) is 2.22. The van der Waals surface area contributed by atoms with Crippen molar-refractivity contribution in [1.29, 1.82) is 0 Å². The molecule has 9 heteroatoms. The molecule has 488 valence electrons. The average molecular weight is 1170 g/mol. The minimum Gasteiger partial charge on any atom is -0.382 e. The summed E-state index contributed by atoms with van der Waals surface area (Å²) in [7, 11) is 1.66. The van der Waals surface area contributed by atoms with Crippen LogP contribution < -0.4 is 0 Å². The van der Waals surface area contributed by atoms with Gasteiger partial charge >= 0.3 is 0 Å². The van der Waals surface area contributed by atoms with Crippen LogP contribution in [-0.2, 0) is 37.9 Å². The summed E-state index contributed by atoms with van der Waals surface area (Å²) in [6.45, 7) is 77.2. The van der Waals surface area contributed by atoms with E-state index < -0.39 is 0 Å². The van der Waals surface area contributed by atoms with Crippen LogP contribution in [0, 0.1) is 70.4 Å². The molecule has 0 aromatic carbocycles. The molecule has 0 saturated heterocycles. The first-order valence-electron chi connectivity index (χ1n) is 32.7. The normalized spacial score (nSPS) is 14.7. The lowest BCUT2D eigenvalue weighted by Crippen LogP contribution is -2.37. The summed E-state index contributed by atoms with van der Waals surface area (Å²) in [6.07, 6.45) is 17.7. The highest BCUT2D eigenvalue weighted by molar-refractivity contribution is 7.99. The number of ether oxygens (including phenoxy) is 8. The van der Waals surface area contributed by atoms with Crippen LogP contribution >= 0.6 is 11.8 Å². The van der Waals surface area contributed by atoms with E-state index in [2.05, 4.69) is 187 Å². The maximum Gasteiger partial charge on any atom is 0.0701 e. The predicted molar refractivity (Wildman–Crippen MR) is 354 cm³/mol. The fourth-order valence-corrected chi connectivity index (χ4v) is 19.7. The molecular formula is C72H146O8S. The third-order valence-corrected chi connectivity index (χ3v) is 16.7. The molecule has 0 unspecified atom stereocenters. The van der Waals surface area contributed by atoms with Gasteiger partial charge < -0.3 is 37.9 Å². The van der Waals surface area contributed by atoms with E-state index in [-0.39, 0.29) is 43.3 Å². The molecule has 0 heterocycles. The van der Waals surface area contributed by atoms with E-state index in [1.807, 2.05) is 11.8 Å². The number of rotatable bonds is 51. The molecular weight excluding hydrogens is 1020 g/mol. The zero-order chi connectivity index (χ0) is 62.8. The average Bonchev–Trinajstić information content (AvgIpc) is 3.17. The molecule has 0 atom stereocenters. The Labute approximate surface area is 512 Å². The van der Waals surface area contributed by atoms with Gasteiger partial charge in [0.2, 0.25) is 0 Å². The highest BCUT2D eigenvalue weighted by Crippen LogP contribution is 2.55. The minimum atomic E-state index is 0.261. The van der Waals surface area contributed by atoms with Gasteiger partial charge in [-0.15, -0.1) is 0 Å². The van der Waals surface area contributed by atoms with Crippen LogP contribution in [0.3, 0.4) is 0 Å². The Hall–Kier alpha value is 0.0300. The molecule has 0 amide bonds. The van der Waals surface area contributed by atoms with Crippen LogP contribution in [0.2, 0.25) is 0 Å². The maximum absolute atomic E-state index is 5.85. The molecule has 0 bridgehead atoms. The van der Waals surface area contributed by atoms with Crippen molar-refractivity contribution in [3.63, 3.8) is 0 Å². The van der Waals surface area contributed by atoms with E-state index in [4.69, 9.17) is 37.9 Å². The highest BCUT2D eigenvalue weighted by atomic mass is 32.2. The summed E-state index contributed by atoms with van der Waals surface area (Å²) in [6, 6.07) is 0. The van der Waals surface area contributed by atoms with Crippen molar-refractivity contribution >= 4 is 11.8 Å². The van der Waals surface area contributed by atoms with Crippen molar-refractivity contribution in [2.45, 2.75) is 277 Å². The number of methoxy groups -OCH3 is 1. The van der Waals surface area contributed by atoms with Crippen molar-refractivity contribution in [3.8, 4) is 0 Å². The fourth-order valence-electron chi connectivity index (χ4n) is 18.9. The summed E-state index contributed by atoms with van der Waals surface area (Å²) < 4.78 is 44.0. The largest absolute Gasteiger partial charge is 0.382 e. The second-order valence-corrected chi connectivity index (χ2v) is 37.9. The van der Waals surface area contributed by atoms with Gasteiger partial charge in [-0.25, -0.2) is 0 Å². The number of hydrogen-bond acceptors (Lipinski definition) is 9. The summed E-state index contributed by atoms with van der Waals surface area (Å²) in [5, 5.41) is 0. The Morgan fingerprint density at radius 2 is 0.395 bits per heavy atom. The van der Waals surface area contributed by atoms with Gasteiger partial charge in [0.05, 0.1) is 99.1 Å². The first-order valence-corrected chi connectivity index (χ1v) is 33.8. The monoisotopic (exact) mass is 1170 g/mol. The Balaban J connectivity index is 4.74. The van der Waals surface area contributed by atoms with E-state index in [1.165, 1.54) is 95.6 Å². The van der Waals surface area contributed by atoms with Crippen LogP contribution in [0.5, 0.6) is 0 Å². The van der Waals surface area contributed by atoms with Crippen molar-refractivity contribution in [2.24, 2.45) is 70.4 Å². The maximum atomic E-state index is 5.85. The Kier molecular flexibility index (Phi) is 35.9. The Bertz CT molecular complexity index is 1610. The molecule has 0 N–H and O–H groups in total. The number of hydrogen-bond donors (Lipinski definition) is 0. The van der Waals surface area contributed by atoms with Crippen LogP contribution in [0.15, 0.2) is 0 Å². The van der Waals surface area contributed by atoms with Crippen molar-refractivity contribution in [1.82, 2.24) is 0 Å². The van der Waals surface area contributed by atoms with Gasteiger partial charge in [0.1, 0.15) is 0 Å². The lowest BCUT2D eigenvalue weighted by atomic mass is 9.58. The topological polar surface area (TPSA) is 73.8 Å². The van der Waals surface area contributed by atoms with E-state index >= 15 is 0 Å². The molecule has 0 radical (unpaired) electrons. The molecule has 0 aromatic heterocycles. The Morgan fingerprint density at radius 3 is 0.605 bits per heavy atom. The predicted octanol–water partition coefficient (Wildman–Crippen LogP) is 20.3. The van der Waals surface area contributed by atoms with Crippen molar-refractivity contribution in [2.75, 3.05) is 118 Å². The van der Waals surface area contributed by atoms with E-state index in [0.717, 1.165) is 12.4 Å². The molecule has 0 aliphatic carbocycles. The molecule has 81 heavy (non-hydrogen) atoms. The molecule has 8 nitrogen and oxygen atoms in total. The van der Waals surface area contributed by atoms with Gasteiger partial charge in [0.15, 0.2) is 0 Å². The molecule has 0 aliphatic rings. The Morgan fingerprint density at radius 1 is 0.210 bits per heavy atom. The van der Waals surface area contributed by atoms with Crippen LogP contribution in [0.4, 0.5) is 0 Å². The van der Waals surface area contributed by atoms with Crippen LogP contribution in [-0.4, -0.2) is 118 Å². The van der Waals surface area contributed by atoms with Gasteiger partial charge in [-0.3, -0.25) is 0 Å². The minimum absolute atomic E-state index is 0.261. The third-order valence-electron chi connectivity index (χ3n) is 15.7. The molecule has 0 fully saturated rings. The first-order chi connectivity index (χ1) is 36.5. The van der Waals surface area contributed by atoms with Crippen molar-refractivity contribution in [3.05, 3.63) is 0 Å². The van der Waals surface area contributed by atoms with E-state index in [0.29, 0.717) is 120 Å². The fraction of sp³-hybridized carbons (Fsp3) is 1.00. The summed E-state index contributed by atoms with van der Waals surface area (Å²) >= 11 is 2.02. The molecule has 0 aromatic rings. The zero-order valence-corrected chi connectivity index (χ0v) is 60.9. The second-order valence-electron chi connectivity index (χ2n) is 36.6. The first kappa shape index (κ1) is 81.0. The summed E-state index contributed by atoms with van der Waals surface area (Å²) in [4.78, 5) is 0. The SMILES string of the molecule is COCCOCCOCCOCCOCCOCCOCCOCCSCCCC(C)(C)CC(C)(C)CC(C)(C)CC(C)(C)CC(C)(C)CC(C)(C)CC(C)(C)CC(C)(C)CC(C)(C)CC(C)(C)CC(C)(C)CC(C)(C)CC(C)(C)C. The number of thioether (sulfide) groups is 1. The van der Waals surface area contributed by atoms with Gasteiger partial charge in [-0.2, -0.15) is 11.8 Å². The van der Waals surface area contributed by atoms with Gasteiger partial charge in [-0.05, 0) is 166 Å². The molecule has 0 saturated carbocycles. The van der Waals surface area contributed by atoms with Crippen LogP contribution in [0.1, 0.15) is 277 Å². The quantitative estimate of drug-likeness (QED) is 0.0554. The van der Waals surface area contributed by atoms with E-state index in [1.54, 1.807) is 7.11 Å². The van der Waals surface area contributed by atoms with Gasteiger partial charge in [0, 0.05) is 12.9 Å². The lowest BCUT2D eigenvalue weighted by molar-refractivity contribution is -0.0217.